The van der Waals surface area contributed by atoms with Crippen molar-refractivity contribution in [3.8, 4) is 0 Å². The van der Waals surface area contributed by atoms with Crippen molar-refractivity contribution in [1.82, 2.24) is 10.2 Å². The van der Waals surface area contributed by atoms with Crippen molar-refractivity contribution in [3.05, 3.63) is 20.8 Å². The highest BCUT2D eigenvalue weighted by Crippen LogP contribution is 2.26. The van der Waals surface area contributed by atoms with Crippen LogP contribution in [0.5, 0.6) is 0 Å². The fraction of sp³-hybridized carbons (Fsp3) is 0.667. The SMILES string of the molecule is Brc1ccc(CN2CCC(NC3CC3)C2)s1. The van der Waals surface area contributed by atoms with E-state index in [0.717, 1.165) is 18.6 Å². The van der Waals surface area contributed by atoms with E-state index in [2.05, 4.69) is 38.3 Å². The quantitative estimate of drug-likeness (QED) is 0.920. The van der Waals surface area contributed by atoms with Gasteiger partial charge in [0.25, 0.3) is 0 Å². The highest BCUT2D eigenvalue weighted by atomic mass is 79.9. The lowest BCUT2D eigenvalue weighted by Crippen LogP contribution is -2.33. The first-order chi connectivity index (χ1) is 7.79. The first-order valence-electron chi connectivity index (χ1n) is 6.02. The molecule has 1 unspecified atom stereocenters. The van der Waals surface area contributed by atoms with Crippen LogP contribution in [0.1, 0.15) is 24.1 Å². The van der Waals surface area contributed by atoms with Crippen LogP contribution in [0.4, 0.5) is 0 Å². The molecule has 4 heteroatoms. The number of rotatable bonds is 4. The molecule has 0 aromatic carbocycles. The summed E-state index contributed by atoms with van der Waals surface area (Å²) in [7, 11) is 0. The highest BCUT2D eigenvalue weighted by molar-refractivity contribution is 9.11. The molecule has 0 spiro atoms. The molecule has 3 rings (SSSR count). The van der Waals surface area contributed by atoms with E-state index in [9.17, 15) is 0 Å². The zero-order chi connectivity index (χ0) is 11.0. The lowest BCUT2D eigenvalue weighted by atomic mass is 10.2. The fourth-order valence-corrected chi connectivity index (χ4v) is 3.88. The van der Waals surface area contributed by atoms with Crippen molar-refractivity contribution >= 4 is 27.3 Å². The van der Waals surface area contributed by atoms with Gasteiger partial charge in [-0.1, -0.05) is 0 Å². The van der Waals surface area contributed by atoms with Gasteiger partial charge in [-0.25, -0.2) is 0 Å². The van der Waals surface area contributed by atoms with Gasteiger partial charge in [0.15, 0.2) is 0 Å². The fourth-order valence-electron chi connectivity index (χ4n) is 2.35. The molecular formula is C12H17BrN2S. The topological polar surface area (TPSA) is 15.3 Å². The Morgan fingerprint density at radius 2 is 2.19 bits per heavy atom. The van der Waals surface area contributed by atoms with Gasteiger partial charge in [0.2, 0.25) is 0 Å². The maximum Gasteiger partial charge on any atom is 0.0701 e. The number of thiophene rings is 1. The zero-order valence-electron chi connectivity index (χ0n) is 9.29. The van der Waals surface area contributed by atoms with Crippen molar-refractivity contribution in [1.29, 1.82) is 0 Å². The van der Waals surface area contributed by atoms with Crippen LogP contribution in [0.25, 0.3) is 0 Å². The molecule has 1 saturated carbocycles. The average molecular weight is 301 g/mol. The van der Waals surface area contributed by atoms with E-state index in [1.54, 1.807) is 0 Å². The van der Waals surface area contributed by atoms with Crippen LogP contribution in [0.15, 0.2) is 15.9 Å². The molecule has 88 valence electrons. The Labute approximate surface area is 109 Å². The largest absolute Gasteiger partial charge is 0.310 e. The number of likely N-dealkylation sites (tertiary alicyclic amines) is 1. The molecule has 1 saturated heterocycles. The van der Waals surface area contributed by atoms with E-state index in [1.807, 2.05) is 11.3 Å². The van der Waals surface area contributed by atoms with Gasteiger partial charge < -0.3 is 5.32 Å². The maximum atomic E-state index is 3.73. The molecule has 2 nitrogen and oxygen atoms in total. The first-order valence-corrected chi connectivity index (χ1v) is 7.63. The second-order valence-electron chi connectivity index (χ2n) is 4.87. The molecule has 1 atom stereocenters. The van der Waals surface area contributed by atoms with E-state index >= 15 is 0 Å². The molecule has 0 amide bonds. The molecule has 2 fully saturated rings. The van der Waals surface area contributed by atoms with Crippen molar-refractivity contribution in [2.24, 2.45) is 0 Å². The van der Waals surface area contributed by atoms with E-state index < -0.39 is 0 Å². The lowest BCUT2D eigenvalue weighted by molar-refractivity contribution is 0.322. The molecular weight excluding hydrogens is 284 g/mol. The molecule has 1 aromatic heterocycles. The van der Waals surface area contributed by atoms with Gasteiger partial charge in [-0.2, -0.15) is 0 Å². The van der Waals surface area contributed by atoms with E-state index in [-0.39, 0.29) is 0 Å². The normalized spacial score (nSPS) is 26.4. The van der Waals surface area contributed by atoms with Crippen LogP contribution in [-0.4, -0.2) is 30.1 Å². The Hall–Kier alpha value is 0.1000. The summed E-state index contributed by atoms with van der Waals surface area (Å²) < 4.78 is 1.24. The minimum Gasteiger partial charge on any atom is -0.310 e. The van der Waals surface area contributed by atoms with E-state index in [1.165, 1.54) is 41.0 Å². The van der Waals surface area contributed by atoms with Crippen molar-refractivity contribution in [3.63, 3.8) is 0 Å². The summed E-state index contributed by atoms with van der Waals surface area (Å²) in [6.45, 7) is 3.60. The molecule has 1 N–H and O–H groups in total. The molecule has 1 aliphatic carbocycles. The van der Waals surface area contributed by atoms with E-state index in [0.29, 0.717) is 0 Å². The summed E-state index contributed by atoms with van der Waals surface area (Å²) in [4.78, 5) is 4.04. The standard InChI is InChI=1S/C12H17BrN2S/c13-12-4-3-11(16-12)8-15-6-5-10(7-15)14-9-1-2-9/h3-4,9-10,14H,1-2,5-8H2. The van der Waals surface area contributed by atoms with Gasteiger partial charge in [-0.3, -0.25) is 4.90 Å². The molecule has 2 aliphatic rings. The van der Waals surface area contributed by atoms with Crippen LogP contribution in [0.3, 0.4) is 0 Å². The number of hydrogen-bond donors (Lipinski definition) is 1. The molecule has 0 bridgehead atoms. The minimum absolute atomic E-state index is 0.746. The van der Waals surface area contributed by atoms with Crippen LogP contribution in [0.2, 0.25) is 0 Å². The summed E-state index contributed by atoms with van der Waals surface area (Å²) in [5.74, 6) is 0. The third kappa shape index (κ3) is 2.86. The first kappa shape index (κ1) is 11.2. The predicted octanol–water partition coefficient (Wildman–Crippen LogP) is 2.84. The van der Waals surface area contributed by atoms with Crippen LogP contribution in [-0.2, 0) is 6.54 Å². The Morgan fingerprint density at radius 1 is 1.31 bits per heavy atom. The van der Waals surface area contributed by atoms with Gasteiger partial charge in [0.1, 0.15) is 0 Å². The molecule has 0 radical (unpaired) electrons. The van der Waals surface area contributed by atoms with Crippen LogP contribution < -0.4 is 5.32 Å². The zero-order valence-corrected chi connectivity index (χ0v) is 11.7. The summed E-state index contributed by atoms with van der Waals surface area (Å²) in [5, 5.41) is 3.73. The number of nitrogens with one attached hydrogen (secondary N) is 1. The number of nitrogens with zero attached hydrogens (tertiary/aromatic N) is 1. The number of halogens is 1. The van der Waals surface area contributed by atoms with Crippen LogP contribution in [0, 0.1) is 0 Å². The van der Waals surface area contributed by atoms with Gasteiger partial charge in [-0.15, -0.1) is 11.3 Å². The average Bonchev–Trinajstić information content (AvgIpc) is 2.80. The summed E-state index contributed by atoms with van der Waals surface area (Å²) in [5.41, 5.74) is 0. The smallest absolute Gasteiger partial charge is 0.0701 e. The molecule has 1 aliphatic heterocycles. The minimum atomic E-state index is 0.746. The van der Waals surface area contributed by atoms with Crippen molar-refractivity contribution < 1.29 is 0 Å². The van der Waals surface area contributed by atoms with Gasteiger partial charge in [-0.05, 0) is 47.3 Å². The van der Waals surface area contributed by atoms with Crippen LogP contribution >= 0.6 is 27.3 Å². The van der Waals surface area contributed by atoms with Gasteiger partial charge in [0.05, 0.1) is 3.79 Å². The number of hydrogen-bond acceptors (Lipinski definition) is 3. The Morgan fingerprint density at radius 3 is 2.88 bits per heavy atom. The Bertz CT molecular complexity index is 362. The highest BCUT2D eigenvalue weighted by Gasteiger charge is 2.29. The van der Waals surface area contributed by atoms with Crippen molar-refractivity contribution in [2.75, 3.05) is 13.1 Å². The van der Waals surface area contributed by atoms with Gasteiger partial charge in [0, 0.05) is 36.6 Å². The van der Waals surface area contributed by atoms with Crippen molar-refractivity contribution in [2.45, 2.75) is 37.9 Å². The molecule has 16 heavy (non-hydrogen) atoms. The molecule has 1 aromatic rings. The summed E-state index contributed by atoms with van der Waals surface area (Å²) in [6.07, 6.45) is 4.12. The maximum absolute atomic E-state index is 3.73. The Balaban J connectivity index is 1.49. The second kappa shape index (κ2) is 4.77. The molecule has 2 heterocycles. The Kier molecular flexibility index (Phi) is 3.34. The monoisotopic (exact) mass is 300 g/mol. The third-order valence-corrected chi connectivity index (χ3v) is 4.94. The van der Waals surface area contributed by atoms with E-state index in [4.69, 9.17) is 0 Å². The summed E-state index contributed by atoms with van der Waals surface area (Å²) in [6, 6.07) is 5.98. The van der Waals surface area contributed by atoms with Gasteiger partial charge >= 0.3 is 0 Å². The predicted molar refractivity (Wildman–Crippen MR) is 71.9 cm³/mol. The third-order valence-electron chi connectivity index (χ3n) is 3.33. The second-order valence-corrected chi connectivity index (χ2v) is 7.42. The lowest BCUT2D eigenvalue weighted by Gasteiger charge is -2.15. The summed E-state index contributed by atoms with van der Waals surface area (Å²) >= 11 is 5.38.